The van der Waals surface area contributed by atoms with Gasteiger partial charge < -0.3 is 9.47 Å². The summed E-state index contributed by atoms with van der Waals surface area (Å²) in [6.45, 7) is 4.83. The van der Waals surface area contributed by atoms with Crippen LogP contribution in [-0.4, -0.2) is 25.9 Å². The Morgan fingerprint density at radius 1 is 1.50 bits per heavy atom. The van der Waals surface area contributed by atoms with E-state index in [9.17, 15) is 0 Å². The molecule has 1 atom stereocenters. The molecule has 2 nitrogen and oxygen atoms in total. The van der Waals surface area contributed by atoms with Crippen LogP contribution in [0.1, 0.15) is 26.2 Å². The van der Waals surface area contributed by atoms with Crippen molar-refractivity contribution in [1.29, 1.82) is 0 Å². The topological polar surface area (TPSA) is 21.8 Å². The Labute approximate surface area is 62.5 Å². The number of rotatable bonds is 6. The SMILES string of the molecule is CCCCCOCC1CO1. The zero-order valence-corrected chi connectivity index (χ0v) is 6.64. The Kier molecular flexibility index (Phi) is 3.76. The van der Waals surface area contributed by atoms with Crippen LogP contribution >= 0.6 is 0 Å². The van der Waals surface area contributed by atoms with Crippen molar-refractivity contribution in [1.82, 2.24) is 0 Å². The van der Waals surface area contributed by atoms with Gasteiger partial charge in [0.2, 0.25) is 0 Å². The number of ether oxygens (including phenoxy) is 2. The summed E-state index contributed by atoms with van der Waals surface area (Å²) in [5.74, 6) is 0. The van der Waals surface area contributed by atoms with E-state index in [1.807, 2.05) is 0 Å². The van der Waals surface area contributed by atoms with Gasteiger partial charge in [-0.15, -0.1) is 0 Å². The fourth-order valence-corrected chi connectivity index (χ4v) is 0.833. The quantitative estimate of drug-likeness (QED) is 0.417. The van der Waals surface area contributed by atoms with Crippen molar-refractivity contribution in [3.05, 3.63) is 0 Å². The Bertz CT molecular complexity index is 79.3. The lowest BCUT2D eigenvalue weighted by atomic mass is 10.3. The Morgan fingerprint density at radius 3 is 2.90 bits per heavy atom. The van der Waals surface area contributed by atoms with Crippen LogP contribution in [0.25, 0.3) is 0 Å². The summed E-state index contributed by atoms with van der Waals surface area (Å²) in [5, 5.41) is 0. The molecule has 0 bridgehead atoms. The third kappa shape index (κ3) is 3.85. The van der Waals surface area contributed by atoms with Gasteiger partial charge in [-0.1, -0.05) is 19.8 Å². The molecule has 0 aromatic rings. The molecule has 2 heteroatoms. The molecule has 1 saturated heterocycles. The predicted octanol–water partition coefficient (Wildman–Crippen LogP) is 1.59. The van der Waals surface area contributed by atoms with Crippen LogP contribution in [-0.2, 0) is 9.47 Å². The molecule has 1 heterocycles. The molecule has 0 aliphatic carbocycles. The van der Waals surface area contributed by atoms with Crippen LogP contribution < -0.4 is 0 Å². The summed E-state index contributed by atoms with van der Waals surface area (Å²) in [5.41, 5.74) is 0. The number of hydrogen-bond acceptors (Lipinski definition) is 2. The molecule has 1 aliphatic rings. The van der Waals surface area contributed by atoms with Gasteiger partial charge in [0.15, 0.2) is 0 Å². The first kappa shape index (κ1) is 8.02. The lowest BCUT2D eigenvalue weighted by molar-refractivity contribution is 0.113. The molecule has 1 fully saturated rings. The van der Waals surface area contributed by atoms with Crippen molar-refractivity contribution in [3.63, 3.8) is 0 Å². The highest BCUT2D eigenvalue weighted by atomic mass is 16.6. The van der Waals surface area contributed by atoms with Gasteiger partial charge in [-0.25, -0.2) is 0 Å². The van der Waals surface area contributed by atoms with Gasteiger partial charge in [-0.2, -0.15) is 0 Å². The van der Waals surface area contributed by atoms with Crippen molar-refractivity contribution < 1.29 is 9.47 Å². The normalized spacial score (nSPS) is 23.1. The van der Waals surface area contributed by atoms with E-state index in [0.29, 0.717) is 6.10 Å². The largest absolute Gasteiger partial charge is 0.379 e. The van der Waals surface area contributed by atoms with Gasteiger partial charge in [0.25, 0.3) is 0 Å². The minimum atomic E-state index is 0.432. The highest BCUT2D eigenvalue weighted by Crippen LogP contribution is 2.08. The Hall–Kier alpha value is -0.0800. The van der Waals surface area contributed by atoms with Crippen LogP contribution in [0, 0.1) is 0 Å². The molecule has 0 N–H and O–H groups in total. The maximum atomic E-state index is 5.33. The summed E-state index contributed by atoms with van der Waals surface area (Å²) >= 11 is 0. The van der Waals surface area contributed by atoms with E-state index in [2.05, 4.69) is 6.92 Å². The van der Waals surface area contributed by atoms with Gasteiger partial charge in [0.05, 0.1) is 13.2 Å². The van der Waals surface area contributed by atoms with Gasteiger partial charge >= 0.3 is 0 Å². The zero-order valence-electron chi connectivity index (χ0n) is 6.64. The zero-order chi connectivity index (χ0) is 7.23. The number of epoxide rings is 1. The fourth-order valence-electron chi connectivity index (χ4n) is 0.833. The van der Waals surface area contributed by atoms with E-state index in [1.54, 1.807) is 0 Å². The van der Waals surface area contributed by atoms with Gasteiger partial charge in [0, 0.05) is 6.61 Å². The molecule has 1 rings (SSSR count). The smallest absolute Gasteiger partial charge is 0.104 e. The summed E-state index contributed by atoms with van der Waals surface area (Å²) < 4.78 is 10.3. The number of unbranched alkanes of at least 4 members (excludes halogenated alkanes) is 2. The molecule has 0 radical (unpaired) electrons. The maximum absolute atomic E-state index is 5.33. The molecule has 1 unspecified atom stereocenters. The second-order valence-corrected chi connectivity index (χ2v) is 2.74. The lowest BCUT2D eigenvalue weighted by Crippen LogP contribution is -2.02. The summed E-state index contributed by atoms with van der Waals surface area (Å²) in [4.78, 5) is 0. The van der Waals surface area contributed by atoms with Crippen molar-refractivity contribution in [2.24, 2.45) is 0 Å². The van der Waals surface area contributed by atoms with Crippen molar-refractivity contribution in [3.8, 4) is 0 Å². The Morgan fingerprint density at radius 2 is 2.30 bits per heavy atom. The monoisotopic (exact) mass is 144 g/mol. The van der Waals surface area contributed by atoms with Crippen molar-refractivity contribution in [2.75, 3.05) is 19.8 Å². The molecule has 1 aliphatic heterocycles. The molecule has 0 aromatic carbocycles. The summed E-state index contributed by atoms with van der Waals surface area (Å²) in [6, 6.07) is 0. The standard InChI is InChI=1S/C8H16O2/c1-2-3-4-5-9-6-8-7-10-8/h8H,2-7H2,1H3. The molecule has 0 amide bonds. The predicted molar refractivity (Wildman–Crippen MR) is 40.1 cm³/mol. The average Bonchev–Trinajstić information content (AvgIpc) is 2.71. The highest BCUT2D eigenvalue weighted by molar-refractivity contribution is 4.66. The molecular formula is C8H16O2. The first-order valence-electron chi connectivity index (χ1n) is 4.13. The Balaban J connectivity index is 1.68. The number of hydrogen-bond donors (Lipinski definition) is 0. The summed E-state index contributed by atoms with van der Waals surface area (Å²) in [7, 11) is 0. The summed E-state index contributed by atoms with van der Waals surface area (Å²) in [6.07, 6.45) is 4.18. The molecule has 0 aromatic heterocycles. The first-order chi connectivity index (χ1) is 4.93. The minimum Gasteiger partial charge on any atom is -0.379 e. The van der Waals surface area contributed by atoms with E-state index in [4.69, 9.17) is 9.47 Å². The second kappa shape index (κ2) is 4.69. The van der Waals surface area contributed by atoms with E-state index in [-0.39, 0.29) is 0 Å². The third-order valence-corrected chi connectivity index (χ3v) is 1.60. The van der Waals surface area contributed by atoms with Crippen LogP contribution in [0.5, 0.6) is 0 Å². The van der Waals surface area contributed by atoms with Crippen molar-refractivity contribution >= 4 is 0 Å². The molecular weight excluding hydrogens is 128 g/mol. The lowest BCUT2D eigenvalue weighted by Gasteiger charge is -1.99. The van der Waals surface area contributed by atoms with Crippen molar-refractivity contribution in [2.45, 2.75) is 32.3 Å². The van der Waals surface area contributed by atoms with E-state index in [0.717, 1.165) is 19.8 Å². The van der Waals surface area contributed by atoms with E-state index >= 15 is 0 Å². The third-order valence-electron chi connectivity index (χ3n) is 1.60. The maximum Gasteiger partial charge on any atom is 0.104 e. The second-order valence-electron chi connectivity index (χ2n) is 2.74. The van der Waals surface area contributed by atoms with Gasteiger partial charge in [0.1, 0.15) is 6.10 Å². The molecule has 60 valence electrons. The molecule has 10 heavy (non-hydrogen) atoms. The van der Waals surface area contributed by atoms with Gasteiger partial charge in [-0.05, 0) is 6.42 Å². The molecule has 0 saturated carbocycles. The molecule has 0 spiro atoms. The first-order valence-corrected chi connectivity index (χ1v) is 4.13. The van der Waals surface area contributed by atoms with Crippen LogP contribution in [0.4, 0.5) is 0 Å². The van der Waals surface area contributed by atoms with E-state index in [1.165, 1.54) is 19.3 Å². The fraction of sp³-hybridized carbons (Fsp3) is 1.00. The van der Waals surface area contributed by atoms with Crippen LogP contribution in [0.15, 0.2) is 0 Å². The average molecular weight is 144 g/mol. The van der Waals surface area contributed by atoms with Gasteiger partial charge in [-0.3, -0.25) is 0 Å². The van der Waals surface area contributed by atoms with Crippen LogP contribution in [0.2, 0.25) is 0 Å². The minimum absolute atomic E-state index is 0.432. The van der Waals surface area contributed by atoms with E-state index < -0.39 is 0 Å². The van der Waals surface area contributed by atoms with Crippen LogP contribution in [0.3, 0.4) is 0 Å². The highest BCUT2D eigenvalue weighted by Gasteiger charge is 2.21.